The van der Waals surface area contributed by atoms with Crippen LogP contribution in [0.2, 0.25) is 0 Å². The van der Waals surface area contributed by atoms with E-state index >= 15 is 0 Å². The molecule has 0 unspecified atom stereocenters. The molecule has 1 aromatic carbocycles. The van der Waals surface area contributed by atoms with Gasteiger partial charge in [-0.25, -0.2) is 0 Å². The average Bonchev–Trinajstić information content (AvgIpc) is 2.47. The highest BCUT2D eigenvalue weighted by Crippen LogP contribution is 2.38. The van der Waals surface area contributed by atoms with Gasteiger partial charge in [0.05, 0.1) is 11.3 Å². The molecule has 13 heavy (non-hydrogen) atoms. The molecule has 2 nitrogen and oxygen atoms in total. The number of hydrogen-bond donors (Lipinski definition) is 1. The first-order chi connectivity index (χ1) is 6.27. The van der Waals surface area contributed by atoms with Gasteiger partial charge in [0.25, 0.3) is 0 Å². The summed E-state index contributed by atoms with van der Waals surface area (Å²) < 4.78 is 0. The molecule has 0 bridgehead atoms. The van der Waals surface area contributed by atoms with Crippen LogP contribution in [0.3, 0.4) is 0 Å². The molecule has 2 N–H and O–H groups in total. The number of rotatable bonds is 1. The monoisotopic (exact) mass is 192 g/mol. The van der Waals surface area contributed by atoms with E-state index in [1.165, 1.54) is 5.56 Å². The van der Waals surface area contributed by atoms with Crippen LogP contribution < -0.4 is 5.73 Å². The summed E-state index contributed by atoms with van der Waals surface area (Å²) in [6.45, 7) is 2.10. The summed E-state index contributed by atoms with van der Waals surface area (Å²) in [5.74, 6) is 0. The molecule has 0 saturated heterocycles. The van der Waals surface area contributed by atoms with Crippen molar-refractivity contribution in [1.82, 2.24) is 0 Å². The Morgan fingerprint density at radius 3 is 2.54 bits per heavy atom. The second kappa shape index (κ2) is 3.42. The molecular formula is C10H12N2S. The van der Waals surface area contributed by atoms with Gasteiger partial charge in [0.2, 0.25) is 0 Å². The van der Waals surface area contributed by atoms with E-state index in [9.17, 15) is 0 Å². The Morgan fingerprint density at radius 1 is 1.31 bits per heavy atom. The van der Waals surface area contributed by atoms with Crippen molar-refractivity contribution in [2.24, 2.45) is 10.7 Å². The van der Waals surface area contributed by atoms with Crippen molar-refractivity contribution in [3.8, 4) is 0 Å². The van der Waals surface area contributed by atoms with Crippen LogP contribution in [0.1, 0.15) is 17.7 Å². The van der Waals surface area contributed by atoms with E-state index in [2.05, 4.69) is 36.2 Å². The predicted octanol–water partition coefficient (Wildman–Crippen LogP) is 2.18. The Morgan fingerprint density at radius 2 is 2.00 bits per heavy atom. The lowest BCUT2D eigenvalue weighted by molar-refractivity contribution is 0.739. The van der Waals surface area contributed by atoms with Crippen LogP contribution in [0.5, 0.6) is 0 Å². The minimum absolute atomic E-state index is 0.299. The fraction of sp³-hybridized carbons (Fsp3) is 0.300. The van der Waals surface area contributed by atoms with Gasteiger partial charge >= 0.3 is 0 Å². The van der Waals surface area contributed by atoms with E-state index in [-0.39, 0.29) is 0 Å². The number of hydrogen-bond acceptors (Lipinski definition) is 3. The summed E-state index contributed by atoms with van der Waals surface area (Å²) in [4.78, 5) is 4.30. The van der Waals surface area contributed by atoms with Gasteiger partial charge in [-0.15, -0.1) is 0 Å². The Bertz CT molecular complexity index is 321. The quantitative estimate of drug-likeness (QED) is 0.740. The number of benzene rings is 1. The van der Waals surface area contributed by atoms with E-state index in [4.69, 9.17) is 5.73 Å². The number of nitrogens with zero attached hydrogens (tertiary/aromatic N) is 1. The Labute approximate surface area is 82.2 Å². The van der Waals surface area contributed by atoms with Crippen molar-refractivity contribution in [3.05, 3.63) is 35.9 Å². The van der Waals surface area contributed by atoms with Gasteiger partial charge in [-0.2, -0.15) is 0 Å². The Hall–Kier alpha value is -0.960. The smallest absolute Gasteiger partial charge is 0.154 e. The van der Waals surface area contributed by atoms with E-state index in [0.29, 0.717) is 16.5 Å². The third kappa shape index (κ3) is 1.70. The van der Waals surface area contributed by atoms with E-state index in [1.54, 1.807) is 11.8 Å². The maximum Gasteiger partial charge on any atom is 0.154 e. The molecule has 0 fully saturated rings. The van der Waals surface area contributed by atoms with Crippen molar-refractivity contribution >= 4 is 16.9 Å². The molecule has 0 aromatic heterocycles. The molecular weight excluding hydrogens is 180 g/mol. The first-order valence-electron chi connectivity index (χ1n) is 4.32. The van der Waals surface area contributed by atoms with Gasteiger partial charge in [-0.1, -0.05) is 42.1 Å². The molecule has 0 aliphatic carbocycles. The van der Waals surface area contributed by atoms with Gasteiger partial charge < -0.3 is 5.73 Å². The van der Waals surface area contributed by atoms with Crippen LogP contribution in [0.4, 0.5) is 0 Å². The molecule has 0 radical (unpaired) electrons. The van der Waals surface area contributed by atoms with E-state index < -0.39 is 0 Å². The molecule has 1 aromatic rings. The zero-order valence-electron chi connectivity index (χ0n) is 7.47. The summed E-state index contributed by atoms with van der Waals surface area (Å²) in [7, 11) is 0. The topological polar surface area (TPSA) is 38.4 Å². The van der Waals surface area contributed by atoms with Gasteiger partial charge in [-0.05, 0) is 12.5 Å². The molecule has 2 atom stereocenters. The molecule has 68 valence electrons. The van der Waals surface area contributed by atoms with Crippen molar-refractivity contribution in [1.29, 1.82) is 0 Å². The van der Waals surface area contributed by atoms with Gasteiger partial charge in [0, 0.05) is 0 Å². The van der Waals surface area contributed by atoms with E-state index in [0.717, 1.165) is 0 Å². The summed E-state index contributed by atoms with van der Waals surface area (Å²) in [6, 6.07) is 10.7. The maximum absolute atomic E-state index is 5.67. The van der Waals surface area contributed by atoms with Gasteiger partial charge in [-0.3, -0.25) is 4.99 Å². The minimum Gasteiger partial charge on any atom is -0.379 e. The number of aliphatic imine (C=N–C) groups is 1. The minimum atomic E-state index is 0.299. The highest BCUT2D eigenvalue weighted by Gasteiger charge is 2.26. The van der Waals surface area contributed by atoms with Crippen molar-refractivity contribution in [2.75, 3.05) is 0 Å². The lowest BCUT2D eigenvalue weighted by Gasteiger charge is -2.12. The Balaban J connectivity index is 2.21. The largest absolute Gasteiger partial charge is 0.379 e. The zero-order valence-corrected chi connectivity index (χ0v) is 8.29. The number of amidine groups is 1. The average molecular weight is 192 g/mol. The molecule has 1 aliphatic rings. The Kier molecular flexibility index (Phi) is 2.27. The van der Waals surface area contributed by atoms with E-state index in [1.807, 2.05) is 6.07 Å². The highest BCUT2D eigenvalue weighted by atomic mass is 32.2. The van der Waals surface area contributed by atoms with Crippen LogP contribution in [0, 0.1) is 0 Å². The first kappa shape index (κ1) is 8.63. The van der Waals surface area contributed by atoms with Crippen LogP contribution in [0.15, 0.2) is 35.3 Å². The van der Waals surface area contributed by atoms with Crippen molar-refractivity contribution in [2.45, 2.75) is 18.2 Å². The second-order valence-corrected chi connectivity index (χ2v) is 4.32. The number of thioether (sulfide) groups is 1. The molecule has 0 amide bonds. The summed E-state index contributed by atoms with van der Waals surface area (Å²) >= 11 is 1.65. The van der Waals surface area contributed by atoms with Crippen molar-refractivity contribution in [3.63, 3.8) is 0 Å². The number of nitrogens with two attached hydrogens (primary N) is 1. The molecule has 3 heteroatoms. The van der Waals surface area contributed by atoms with Crippen LogP contribution in [-0.2, 0) is 0 Å². The first-order valence-corrected chi connectivity index (χ1v) is 5.20. The maximum atomic E-state index is 5.67. The molecule has 0 saturated carbocycles. The summed E-state index contributed by atoms with van der Waals surface area (Å²) in [5.41, 5.74) is 6.98. The summed E-state index contributed by atoms with van der Waals surface area (Å²) in [5, 5.41) is 1.11. The highest BCUT2D eigenvalue weighted by molar-refractivity contribution is 8.14. The van der Waals surface area contributed by atoms with Crippen LogP contribution in [0.25, 0.3) is 0 Å². The van der Waals surface area contributed by atoms with Crippen molar-refractivity contribution < 1.29 is 0 Å². The molecule has 0 spiro atoms. The lowest BCUT2D eigenvalue weighted by Crippen LogP contribution is -2.04. The second-order valence-electron chi connectivity index (χ2n) is 3.16. The van der Waals surface area contributed by atoms with Gasteiger partial charge in [0.1, 0.15) is 0 Å². The van der Waals surface area contributed by atoms with Crippen LogP contribution in [-0.4, -0.2) is 11.2 Å². The third-order valence-electron chi connectivity index (χ3n) is 2.14. The van der Waals surface area contributed by atoms with Crippen LogP contribution >= 0.6 is 11.8 Å². The fourth-order valence-corrected chi connectivity index (χ4v) is 2.55. The SMILES string of the molecule is C[C@H]1N=C(N)S[C@H]1c1ccccc1. The predicted molar refractivity (Wildman–Crippen MR) is 57.9 cm³/mol. The molecule has 1 heterocycles. The normalized spacial score (nSPS) is 27.3. The third-order valence-corrected chi connectivity index (χ3v) is 3.41. The van der Waals surface area contributed by atoms with Gasteiger partial charge in [0.15, 0.2) is 5.17 Å². The lowest BCUT2D eigenvalue weighted by atomic mass is 10.1. The summed E-state index contributed by atoms with van der Waals surface area (Å²) in [6.07, 6.45) is 0. The fourth-order valence-electron chi connectivity index (χ4n) is 1.52. The standard InChI is InChI=1S/C10H12N2S/c1-7-9(13-10(11)12-7)8-5-3-2-4-6-8/h2-7,9H,1H3,(H2,11,12)/t7-,9-/m1/s1. The zero-order chi connectivity index (χ0) is 9.26. The molecule has 2 rings (SSSR count). The molecule has 1 aliphatic heterocycles.